The van der Waals surface area contributed by atoms with Gasteiger partial charge in [-0.25, -0.2) is 0 Å². The molecule has 7 heteroatoms. The van der Waals surface area contributed by atoms with E-state index < -0.39 is 18.3 Å². The number of anilines is 1. The zero-order valence-electron chi connectivity index (χ0n) is 16.5. The summed E-state index contributed by atoms with van der Waals surface area (Å²) in [4.78, 5) is 25.0. The van der Waals surface area contributed by atoms with Gasteiger partial charge in [0.15, 0.2) is 0 Å². The van der Waals surface area contributed by atoms with E-state index in [0.29, 0.717) is 23.4 Å². The van der Waals surface area contributed by atoms with Crippen LogP contribution in [0, 0.1) is 0 Å². The quantitative estimate of drug-likeness (QED) is 0.805. The molecule has 6 nitrogen and oxygen atoms in total. The summed E-state index contributed by atoms with van der Waals surface area (Å²) in [5, 5.41) is 5.70. The van der Waals surface area contributed by atoms with Crippen molar-refractivity contribution in [2.75, 3.05) is 5.32 Å². The Labute approximate surface area is 164 Å². The first-order valence-electron chi connectivity index (χ1n) is 9.36. The second-order valence-electron chi connectivity index (χ2n) is 8.15. The highest BCUT2D eigenvalue weighted by Crippen LogP contribution is 2.37. The maximum absolute atomic E-state index is 12.5. The summed E-state index contributed by atoms with van der Waals surface area (Å²) in [6.07, 6.45) is 0. The molecule has 2 heterocycles. The van der Waals surface area contributed by atoms with Crippen molar-refractivity contribution in [2.45, 2.75) is 45.4 Å². The molecule has 1 saturated heterocycles. The number of rotatable bonds is 3. The van der Waals surface area contributed by atoms with Crippen molar-refractivity contribution in [3.8, 4) is 0 Å². The van der Waals surface area contributed by atoms with Crippen LogP contribution in [0.1, 0.15) is 54.0 Å². The highest BCUT2D eigenvalue weighted by atomic mass is 16.7. The van der Waals surface area contributed by atoms with Gasteiger partial charge in [-0.05, 0) is 56.9 Å². The van der Waals surface area contributed by atoms with Gasteiger partial charge in [-0.15, -0.1) is 0 Å². The van der Waals surface area contributed by atoms with Crippen LogP contribution in [0.4, 0.5) is 5.69 Å². The van der Waals surface area contributed by atoms with E-state index in [1.807, 2.05) is 39.8 Å². The Balaban J connectivity index is 1.68. The van der Waals surface area contributed by atoms with Crippen LogP contribution < -0.4 is 16.1 Å². The van der Waals surface area contributed by atoms with Gasteiger partial charge in [0.2, 0.25) is 0 Å². The third kappa shape index (κ3) is 3.00. The minimum atomic E-state index is -0.565. The van der Waals surface area contributed by atoms with E-state index in [-0.39, 0.29) is 11.8 Å². The summed E-state index contributed by atoms with van der Waals surface area (Å²) in [6, 6.07) is 12.5. The first-order chi connectivity index (χ1) is 13.2. The second kappa shape index (κ2) is 6.46. The minimum Gasteiger partial charge on any atom is -0.399 e. The number of amides is 2. The average Bonchev–Trinajstić information content (AvgIpc) is 3.13. The Morgan fingerprint density at radius 2 is 1.68 bits per heavy atom. The molecule has 2 aromatic carbocycles. The van der Waals surface area contributed by atoms with E-state index in [9.17, 15) is 9.59 Å². The molecule has 2 aliphatic heterocycles. The summed E-state index contributed by atoms with van der Waals surface area (Å²) in [7, 11) is -0.565. The molecule has 4 rings (SSSR count). The zero-order chi connectivity index (χ0) is 20.1. The van der Waals surface area contributed by atoms with Crippen LogP contribution in [0.15, 0.2) is 42.5 Å². The first-order valence-corrected chi connectivity index (χ1v) is 9.36. The normalized spacial score (nSPS) is 19.3. The number of benzene rings is 2. The first kappa shape index (κ1) is 18.7. The van der Waals surface area contributed by atoms with Gasteiger partial charge in [0.25, 0.3) is 11.8 Å². The Morgan fingerprint density at radius 3 is 2.32 bits per heavy atom. The molecule has 0 radical (unpaired) electrons. The Morgan fingerprint density at radius 1 is 1.04 bits per heavy atom. The SMILES string of the molecule is CC1(C)OB(c2ccc(NC(=O)c3ccccc3)c3c2CNC3=O)OC1(C)C. The molecule has 0 bridgehead atoms. The summed E-state index contributed by atoms with van der Waals surface area (Å²) >= 11 is 0. The monoisotopic (exact) mass is 378 g/mol. The van der Waals surface area contributed by atoms with Gasteiger partial charge >= 0.3 is 7.12 Å². The third-order valence-corrected chi connectivity index (χ3v) is 5.79. The fourth-order valence-corrected chi connectivity index (χ4v) is 3.45. The molecule has 0 spiro atoms. The average molecular weight is 378 g/mol. The predicted octanol–water partition coefficient (Wildman–Crippen LogP) is 2.48. The van der Waals surface area contributed by atoms with Gasteiger partial charge in [0.05, 0.1) is 22.5 Å². The summed E-state index contributed by atoms with van der Waals surface area (Å²) < 4.78 is 12.3. The topological polar surface area (TPSA) is 76.7 Å². The van der Waals surface area contributed by atoms with Gasteiger partial charge in [-0.1, -0.05) is 24.3 Å². The smallest absolute Gasteiger partial charge is 0.399 e. The molecule has 0 aliphatic carbocycles. The van der Waals surface area contributed by atoms with Crippen LogP contribution in [0.2, 0.25) is 0 Å². The van der Waals surface area contributed by atoms with E-state index in [4.69, 9.17) is 9.31 Å². The lowest BCUT2D eigenvalue weighted by atomic mass is 9.75. The van der Waals surface area contributed by atoms with Crippen molar-refractivity contribution >= 4 is 30.1 Å². The maximum Gasteiger partial charge on any atom is 0.495 e. The number of fused-ring (bicyclic) bond motifs is 1. The number of hydrogen-bond acceptors (Lipinski definition) is 4. The highest BCUT2D eigenvalue weighted by molar-refractivity contribution is 6.63. The Hall–Kier alpha value is -2.64. The molecule has 2 amide bonds. The van der Waals surface area contributed by atoms with Crippen molar-refractivity contribution in [3.05, 3.63) is 59.2 Å². The van der Waals surface area contributed by atoms with Crippen molar-refractivity contribution in [3.63, 3.8) is 0 Å². The fraction of sp³-hybridized carbons (Fsp3) is 0.333. The van der Waals surface area contributed by atoms with E-state index in [2.05, 4.69) is 10.6 Å². The van der Waals surface area contributed by atoms with Crippen LogP contribution in [0.25, 0.3) is 0 Å². The Kier molecular flexibility index (Phi) is 4.32. The van der Waals surface area contributed by atoms with E-state index in [1.54, 1.807) is 30.3 Å². The van der Waals surface area contributed by atoms with Crippen LogP contribution >= 0.6 is 0 Å². The van der Waals surface area contributed by atoms with Crippen LogP contribution in [0.5, 0.6) is 0 Å². The molecule has 2 aromatic rings. The van der Waals surface area contributed by atoms with Crippen molar-refractivity contribution < 1.29 is 18.9 Å². The molecule has 144 valence electrons. The third-order valence-electron chi connectivity index (χ3n) is 5.79. The largest absolute Gasteiger partial charge is 0.495 e. The summed E-state index contributed by atoms with van der Waals surface area (Å²) in [6.45, 7) is 8.34. The van der Waals surface area contributed by atoms with Gasteiger partial charge in [0.1, 0.15) is 0 Å². The van der Waals surface area contributed by atoms with Gasteiger partial charge in [-0.3, -0.25) is 9.59 Å². The number of carbonyl (C=O) groups excluding carboxylic acids is 2. The second-order valence-corrected chi connectivity index (χ2v) is 8.15. The zero-order valence-corrected chi connectivity index (χ0v) is 16.5. The number of hydrogen-bond donors (Lipinski definition) is 2. The lowest BCUT2D eigenvalue weighted by Crippen LogP contribution is -2.41. The van der Waals surface area contributed by atoms with E-state index in [1.165, 1.54) is 0 Å². The van der Waals surface area contributed by atoms with Gasteiger partial charge < -0.3 is 19.9 Å². The standard InChI is InChI=1S/C21H23BN2O4/c1-20(2)21(3,4)28-22(27-20)15-10-11-16(17-14(15)12-23-19(17)26)24-18(25)13-8-6-5-7-9-13/h5-11H,12H2,1-4H3,(H,23,26)(H,24,25). The van der Waals surface area contributed by atoms with E-state index in [0.717, 1.165) is 11.0 Å². The van der Waals surface area contributed by atoms with Crippen LogP contribution in [-0.2, 0) is 15.9 Å². The summed E-state index contributed by atoms with van der Waals surface area (Å²) in [5.74, 6) is -0.470. The van der Waals surface area contributed by atoms with Crippen molar-refractivity contribution in [2.24, 2.45) is 0 Å². The number of nitrogens with one attached hydrogen (secondary N) is 2. The molecule has 0 atom stereocenters. The molecular formula is C21H23BN2O4. The van der Waals surface area contributed by atoms with Crippen LogP contribution in [-0.4, -0.2) is 30.1 Å². The van der Waals surface area contributed by atoms with Crippen molar-refractivity contribution in [1.82, 2.24) is 5.32 Å². The molecule has 1 fully saturated rings. The van der Waals surface area contributed by atoms with Gasteiger partial charge in [-0.2, -0.15) is 0 Å². The lowest BCUT2D eigenvalue weighted by Gasteiger charge is -2.32. The molecule has 2 N–H and O–H groups in total. The molecule has 0 aromatic heterocycles. The molecule has 0 unspecified atom stereocenters. The van der Waals surface area contributed by atoms with E-state index >= 15 is 0 Å². The predicted molar refractivity (Wildman–Crippen MR) is 108 cm³/mol. The molecule has 28 heavy (non-hydrogen) atoms. The maximum atomic E-state index is 12.5. The molecule has 2 aliphatic rings. The summed E-state index contributed by atoms with van der Waals surface area (Å²) in [5.41, 5.74) is 2.15. The van der Waals surface area contributed by atoms with Crippen molar-refractivity contribution in [1.29, 1.82) is 0 Å². The Bertz CT molecular complexity index is 940. The number of carbonyl (C=O) groups is 2. The lowest BCUT2D eigenvalue weighted by molar-refractivity contribution is 0.00578. The minimum absolute atomic E-state index is 0.211. The van der Waals surface area contributed by atoms with Gasteiger partial charge in [0, 0.05) is 12.1 Å². The molecule has 0 saturated carbocycles. The highest BCUT2D eigenvalue weighted by Gasteiger charge is 2.52. The fourth-order valence-electron chi connectivity index (χ4n) is 3.45. The molecular weight excluding hydrogens is 355 g/mol. The van der Waals surface area contributed by atoms with Crippen LogP contribution in [0.3, 0.4) is 0 Å².